The molecule has 0 bridgehead atoms. The Morgan fingerprint density at radius 1 is 1.65 bits per heavy atom. The number of pyridine rings is 1. The van der Waals surface area contributed by atoms with E-state index in [2.05, 4.69) is 25.8 Å². The highest BCUT2D eigenvalue weighted by Crippen LogP contribution is 2.36. The first-order chi connectivity index (χ1) is 9.56. The number of aliphatic hydroxyl groups is 1. The third kappa shape index (κ3) is 2.93. The van der Waals surface area contributed by atoms with E-state index < -0.39 is 4.92 Å². The summed E-state index contributed by atoms with van der Waals surface area (Å²) in [6, 6.07) is 0.354. The molecule has 2 rings (SSSR count). The van der Waals surface area contributed by atoms with Gasteiger partial charge in [-0.2, -0.15) is 0 Å². The van der Waals surface area contributed by atoms with Gasteiger partial charge in [0.05, 0.1) is 9.40 Å². The number of aromatic nitrogens is 1. The number of hydrogen-bond acceptors (Lipinski definition) is 5. The number of rotatable bonds is 5. The normalized spacial score (nSPS) is 18.6. The van der Waals surface area contributed by atoms with E-state index in [1.165, 1.54) is 6.20 Å². The lowest BCUT2D eigenvalue weighted by Crippen LogP contribution is -2.30. The van der Waals surface area contributed by atoms with Crippen molar-refractivity contribution in [3.63, 3.8) is 0 Å². The van der Waals surface area contributed by atoms with Crippen LogP contribution in [0.1, 0.15) is 31.2 Å². The van der Waals surface area contributed by atoms with E-state index in [9.17, 15) is 10.1 Å². The van der Waals surface area contributed by atoms with Crippen molar-refractivity contribution in [1.29, 1.82) is 0 Å². The minimum absolute atomic E-state index is 0.0340. The molecule has 1 unspecified atom stereocenters. The van der Waals surface area contributed by atoms with E-state index in [1.54, 1.807) is 6.92 Å². The lowest BCUT2D eigenvalue weighted by Gasteiger charge is -2.27. The summed E-state index contributed by atoms with van der Waals surface area (Å²) >= 11 is 3.45. The van der Waals surface area contributed by atoms with Crippen LogP contribution >= 0.6 is 15.9 Å². The third-order valence-corrected chi connectivity index (χ3v) is 4.71. The van der Waals surface area contributed by atoms with Gasteiger partial charge in [-0.1, -0.05) is 0 Å². The Bertz CT molecular complexity index is 510. The van der Waals surface area contributed by atoms with Gasteiger partial charge in [-0.3, -0.25) is 10.1 Å². The van der Waals surface area contributed by atoms with Crippen LogP contribution < -0.4 is 4.90 Å². The van der Waals surface area contributed by atoms with E-state index in [0.717, 1.165) is 38.0 Å². The molecule has 1 aliphatic heterocycles. The number of anilines is 1. The molecule has 1 N–H and O–H groups in total. The minimum Gasteiger partial charge on any atom is -0.396 e. The van der Waals surface area contributed by atoms with E-state index in [-0.39, 0.29) is 12.3 Å². The quantitative estimate of drug-likeness (QED) is 0.656. The van der Waals surface area contributed by atoms with Gasteiger partial charge in [0.25, 0.3) is 5.69 Å². The summed E-state index contributed by atoms with van der Waals surface area (Å²) in [6.07, 6.45) is 5.17. The molecule has 20 heavy (non-hydrogen) atoms. The fraction of sp³-hybridized carbons (Fsp3) is 0.615. The Kier molecular flexibility index (Phi) is 4.93. The van der Waals surface area contributed by atoms with Crippen LogP contribution in [-0.4, -0.2) is 34.2 Å². The Morgan fingerprint density at radius 3 is 3.05 bits per heavy atom. The van der Waals surface area contributed by atoms with Gasteiger partial charge in [-0.15, -0.1) is 0 Å². The topological polar surface area (TPSA) is 79.5 Å². The first kappa shape index (κ1) is 15.2. The summed E-state index contributed by atoms with van der Waals surface area (Å²) in [7, 11) is 0. The maximum atomic E-state index is 10.9. The van der Waals surface area contributed by atoms with Crippen LogP contribution in [0.3, 0.4) is 0 Å². The summed E-state index contributed by atoms with van der Waals surface area (Å²) < 4.78 is 0.697. The lowest BCUT2D eigenvalue weighted by atomic mass is 10.1. The van der Waals surface area contributed by atoms with Crippen LogP contribution in [0.5, 0.6) is 0 Å². The number of aliphatic hydroxyl groups excluding tert-OH is 1. The molecule has 1 saturated heterocycles. The largest absolute Gasteiger partial charge is 0.396 e. The molecule has 0 saturated carbocycles. The molecule has 0 aromatic carbocycles. The van der Waals surface area contributed by atoms with Crippen molar-refractivity contribution in [2.45, 2.75) is 38.6 Å². The van der Waals surface area contributed by atoms with Gasteiger partial charge in [0.1, 0.15) is 12.0 Å². The molecule has 1 atom stereocenters. The SMILES string of the molecule is Cc1c([N+](=O)[O-])cnc(N2CCCC2CCCO)c1Br. The molecular formula is C13H18BrN3O3. The second-order valence-corrected chi connectivity index (χ2v) is 5.81. The summed E-state index contributed by atoms with van der Waals surface area (Å²) in [5.41, 5.74) is 0.638. The molecule has 1 fully saturated rings. The summed E-state index contributed by atoms with van der Waals surface area (Å²) in [4.78, 5) is 17.0. The van der Waals surface area contributed by atoms with Gasteiger partial charge >= 0.3 is 0 Å². The molecule has 0 amide bonds. The monoisotopic (exact) mass is 343 g/mol. The molecule has 1 aliphatic rings. The number of halogens is 1. The van der Waals surface area contributed by atoms with Crippen molar-refractivity contribution in [2.24, 2.45) is 0 Å². The van der Waals surface area contributed by atoms with Gasteiger partial charge in [-0.25, -0.2) is 4.98 Å². The van der Waals surface area contributed by atoms with Gasteiger partial charge in [0.2, 0.25) is 0 Å². The predicted octanol–water partition coefficient (Wildman–Crippen LogP) is 2.80. The van der Waals surface area contributed by atoms with Crippen molar-refractivity contribution < 1.29 is 10.0 Å². The standard InChI is InChI=1S/C13H18BrN3O3/c1-9-11(17(19)20)8-15-13(12(9)14)16-6-2-4-10(16)5-3-7-18/h8,10,18H,2-7H2,1H3. The van der Waals surface area contributed by atoms with Crippen LogP contribution in [0.4, 0.5) is 11.5 Å². The Labute approximate surface area is 126 Å². The molecule has 110 valence electrons. The average molecular weight is 344 g/mol. The molecule has 6 nitrogen and oxygen atoms in total. The van der Waals surface area contributed by atoms with E-state index in [1.807, 2.05) is 0 Å². The van der Waals surface area contributed by atoms with Crippen molar-refractivity contribution in [1.82, 2.24) is 4.98 Å². The maximum absolute atomic E-state index is 10.9. The minimum atomic E-state index is -0.413. The molecule has 7 heteroatoms. The molecular weight excluding hydrogens is 326 g/mol. The Balaban J connectivity index is 2.28. The highest BCUT2D eigenvalue weighted by molar-refractivity contribution is 9.10. The zero-order valence-corrected chi connectivity index (χ0v) is 13.0. The van der Waals surface area contributed by atoms with Crippen LogP contribution in [0.15, 0.2) is 10.7 Å². The first-order valence-corrected chi connectivity index (χ1v) is 7.52. The van der Waals surface area contributed by atoms with Gasteiger partial charge in [-0.05, 0) is 48.5 Å². The van der Waals surface area contributed by atoms with Crippen LogP contribution in [-0.2, 0) is 0 Å². The maximum Gasteiger partial charge on any atom is 0.291 e. The van der Waals surface area contributed by atoms with E-state index in [0.29, 0.717) is 16.1 Å². The zero-order valence-electron chi connectivity index (χ0n) is 11.4. The fourth-order valence-corrected chi connectivity index (χ4v) is 3.22. The Morgan fingerprint density at radius 2 is 2.40 bits per heavy atom. The molecule has 1 aromatic rings. The van der Waals surface area contributed by atoms with Gasteiger partial charge < -0.3 is 10.0 Å². The number of nitrogens with zero attached hydrogens (tertiary/aromatic N) is 3. The van der Waals surface area contributed by atoms with Crippen molar-refractivity contribution >= 4 is 27.4 Å². The average Bonchev–Trinajstić information content (AvgIpc) is 2.87. The van der Waals surface area contributed by atoms with Crippen molar-refractivity contribution in [2.75, 3.05) is 18.1 Å². The summed E-state index contributed by atoms with van der Waals surface area (Å²) in [6.45, 7) is 2.82. The highest BCUT2D eigenvalue weighted by atomic mass is 79.9. The Hall–Kier alpha value is -1.21. The smallest absolute Gasteiger partial charge is 0.291 e. The third-order valence-electron chi connectivity index (χ3n) is 3.76. The van der Waals surface area contributed by atoms with Crippen molar-refractivity contribution in [3.8, 4) is 0 Å². The molecule has 2 heterocycles. The lowest BCUT2D eigenvalue weighted by molar-refractivity contribution is -0.385. The van der Waals surface area contributed by atoms with Crippen molar-refractivity contribution in [3.05, 3.63) is 26.3 Å². The van der Waals surface area contributed by atoms with Gasteiger partial charge in [0.15, 0.2) is 0 Å². The van der Waals surface area contributed by atoms with Crippen LogP contribution in [0.2, 0.25) is 0 Å². The predicted molar refractivity (Wildman–Crippen MR) is 80.0 cm³/mol. The summed E-state index contributed by atoms with van der Waals surface area (Å²) in [5, 5.41) is 19.9. The molecule has 1 aromatic heterocycles. The van der Waals surface area contributed by atoms with Gasteiger partial charge in [0, 0.05) is 24.8 Å². The van der Waals surface area contributed by atoms with E-state index >= 15 is 0 Å². The molecule has 0 aliphatic carbocycles. The van der Waals surface area contributed by atoms with E-state index in [4.69, 9.17) is 5.11 Å². The number of hydrogen-bond donors (Lipinski definition) is 1. The molecule has 0 radical (unpaired) electrons. The highest BCUT2D eigenvalue weighted by Gasteiger charge is 2.28. The second-order valence-electron chi connectivity index (χ2n) is 5.02. The first-order valence-electron chi connectivity index (χ1n) is 6.73. The number of nitro groups is 1. The zero-order chi connectivity index (χ0) is 14.7. The van der Waals surface area contributed by atoms with Crippen LogP contribution in [0, 0.1) is 17.0 Å². The summed E-state index contributed by atoms with van der Waals surface area (Å²) in [5.74, 6) is 0.772. The fourth-order valence-electron chi connectivity index (χ4n) is 2.68. The molecule has 0 spiro atoms. The second kappa shape index (κ2) is 6.49. The van der Waals surface area contributed by atoms with Crippen LogP contribution in [0.25, 0.3) is 0 Å².